The fraction of sp³-hybridized carbons (Fsp3) is 0.727. The second kappa shape index (κ2) is 3.97. The van der Waals surface area contributed by atoms with Crippen LogP contribution in [0, 0.1) is 12.3 Å². The lowest BCUT2D eigenvalue weighted by atomic mass is 9.88. The summed E-state index contributed by atoms with van der Waals surface area (Å²) in [7, 11) is 0. The summed E-state index contributed by atoms with van der Waals surface area (Å²) in [5.74, 6) is 2.13. The molecule has 0 aliphatic heterocycles. The van der Waals surface area contributed by atoms with E-state index in [4.69, 9.17) is 0 Å². The zero-order valence-electron chi connectivity index (χ0n) is 8.74. The number of aromatic nitrogens is 2. The molecule has 2 rings (SSSR count). The van der Waals surface area contributed by atoms with Crippen LogP contribution >= 0.6 is 12.6 Å². The van der Waals surface area contributed by atoms with Gasteiger partial charge in [0.25, 0.3) is 0 Å². The molecule has 0 unspecified atom stereocenters. The van der Waals surface area contributed by atoms with E-state index in [0.29, 0.717) is 5.41 Å². The zero-order valence-corrected chi connectivity index (χ0v) is 9.63. The number of thiol groups is 1. The summed E-state index contributed by atoms with van der Waals surface area (Å²) in [6.07, 6.45) is 9.36. The van der Waals surface area contributed by atoms with Crippen molar-refractivity contribution in [1.29, 1.82) is 0 Å². The highest BCUT2D eigenvalue weighted by Crippen LogP contribution is 2.40. The summed E-state index contributed by atoms with van der Waals surface area (Å²) in [6, 6.07) is 0. The highest BCUT2D eigenvalue weighted by molar-refractivity contribution is 7.80. The van der Waals surface area contributed by atoms with Crippen molar-refractivity contribution >= 4 is 12.6 Å². The summed E-state index contributed by atoms with van der Waals surface area (Å²) in [5, 5.41) is 0. The van der Waals surface area contributed by atoms with Crippen LogP contribution < -0.4 is 0 Å². The van der Waals surface area contributed by atoms with Gasteiger partial charge in [-0.15, -0.1) is 0 Å². The van der Waals surface area contributed by atoms with Gasteiger partial charge in [0.05, 0.1) is 0 Å². The van der Waals surface area contributed by atoms with Crippen LogP contribution in [0.2, 0.25) is 0 Å². The van der Waals surface area contributed by atoms with Gasteiger partial charge in [0, 0.05) is 18.9 Å². The Hall–Kier alpha value is -0.440. The Morgan fingerprint density at radius 3 is 2.71 bits per heavy atom. The van der Waals surface area contributed by atoms with Crippen LogP contribution in [-0.4, -0.2) is 15.3 Å². The molecule has 2 nitrogen and oxygen atoms in total. The van der Waals surface area contributed by atoms with E-state index in [1.807, 2.05) is 6.20 Å². The van der Waals surface area contributed by atoms with Crippen molar-refractivity contribution < 1.29 is 0 Å². The molecule has 0 bridgehead atoms. The van der Waals surface area contributed by atoms with Gasteiger partial charge < -0.3 is 4.57 Å². The third-order valence-corrected chi connectivity index (χ3v) is 4.10. The van der Waals surface area contributed by atoms with Crippen LogP contribution in [0.15, 0.2) is 12.4 Å². The second-order valence-electron chi connectivity index (χ2n) is 4.47. The molecule has 0 N–H and O–H groups in total. The van der Waals surface area contributed by atoms with Crippen LogP contribution in [0.3, 0.4) is 0 Å². The number of nitrogens with zero attached hydrogens (tertiary/aromatic N) is 2. The topological polar surface area (TPSA) is 17.8 Å². The molecule has 0 radical (unpaired) electrons. The molecule has 0 amide bonds. The Morgan fingerprint density at radius 2 is 2.21 bits per heavy atom. The van der Waals surface area contributed by atoms with Gasteiger partial charge in [0.15, 0.2) is 0 Å². The summed E-state index contributed by atoms with van der Waals surface area (Å²) < 4.78 is 2.27. The van der Waals surface area contributed by atoms with E-state index in [0.717, 1.165) is 18.1 Å². The first-order valence-corrected chi connectivity index (χ1v) is 5.98. The molecule has 1 aliphatic rings. The molecule has 0 saturated heterocycles. The van der Waals surface area contributed by atoms with Crippen molar-refractivity contribution in [3.05, 3.63) is 18.2 Å². The maximum absolute atomic E-state index is 4.51. The van der Waals surface area contributed by atoms with Crippen molar-refractivity contribution in [1.82, 2.24) is 9.55 Å². The highest BCUT2D eigenvalue weighted by Gasteiger charge is 2.32. The van der Waals surface area contributed by atoms with E-state index in [9.17, 15) is 0 Å². The quantitative estimate of drug-likeness (QED) is 0.759. The third-order valence-electron chi connectivity index (χ3n) is 3.43. The maximum atomic E-state index is 4.51. The molecule has 14 heavy (non-hydrogen) atoms. The third kappa shape index (κ3) is 1.83. The first-order chi connectivity index (χ1) is 6.76. The first kappa shape index (κ1) is 10.1. The van der Waals surface area contributed by atoms with Gasteiger partial charge in [-0.3, -0.25) is 0 Å². The summed E-state index contributed by atoms with van der Waals surface area (Å²) >= 11 is 4.51. The van der Waals surface area contributed by atoms with E-state index in [1.165, 1.54) is 25.7 Å². The Labute approximate surface area is 91.1 Å². The van der Waals surface area contributed by atoms with Crippen molar-refractivity contribution in [2.75, 3.05) is 5.75 Å². The number of rotatable bonds is 3. The minimum atomic E-state index is 0.439. The highest BCUT2D eigenvalue weighted by atomic mass is 32.1. The van der Waals surface area contributed by atoms with Crippen LogP contribution in [0.25, 0.3) is 0 Å². The van der Waals surface area contributed by atoms with Gasteiger partial charge in [-0.25, -0.2) is 4.98 Å². The average Bonchev–Trinajstić information content (AvgIpc) is 2.79. The minimum absolute atomic E-state index is 0.439. The smallest absolute Gasteiger partial charge is 0.105 e. The largest absolute Gasteiger partial charge is 0.335 e. The number of hydrogen-bond donors (Lipinski definition) is 1. The predicted molar refractivity (Wildman–Crippen MR) is 61.7 cm³/mol. The molecule has 0 aromatic carbocycles. The molecular weight excluding hydrogens is 192 g/mol. The van der Waals surface area contributed by atoms with E-state index in [2.05, 4.69) is 35.3 Å². The zero-order chi connectivity index (χ0) is 10.0. The summed E-state index contributed by atoms with van der Waals surface area (Å²) in [4.78, 5) is 4.26. The normalized spacial score (nSPS) is 20.1. The summed E-state index contributed by atoms with van der Waals surface area (Å²) in [5.41, 5.74) is 0.439. The molecule has 1 saturated carbocycles. The lowest BCUT2D eigenvalue weighted by Gasteiger charge is -2.27. The van der Waals surface area contributed by atoms with Crippen molar-refractivity contribution in [2.24, 2.45) is 5.41 Å². The second-order valence-corrected chi connectivity index (χ2v) is 4.78. The molecule has 1 aromatic heterocycles. The van der Waals surface area contributed by atoms with E-state index in [-0.39, 0.29) is 0 Å². The van der Waals surface area contributed by atoms with Crippen molar-refractivity contribution in [3.63, 3.8) is 0 Å². The molecule has 3 heteroatoms. The molecule has 1 aliphatic carbocycles. The molecular formula is C11H18N2S. The number of imidazole rings is 1. The number of aryl methyl sites for hydroxylation is 1. The molecule has 1 aromatic rings. The van der Waals surface area contributed by atoms with Gasteiger partial charge >= 0.3 is 0 Å². The van der Waals surface area contributed by atoms with Gasteiger partial charge in [0.1, 0.15) is 5.82 Å². The first-order valence-electron chi connectivity index (χ1n) is 5.34. The van der Waals surface area contributed by atoms with E-state index < -0.39 is 0 Å². The van der Waals surface area contributed by atoms with Crippen LogP contribution in [0.5, 0.6) is 0 Å². The minimum Gasteiger partial charge on any atom is -0.335 e. The van der Waals surface area contributed by atoms with Gasteiger partial charge in [0.2, 0.25) is 0 Å². The monoisotopic (exact) mass is 210 g/mol. The van der Waals surface area contributed by atoms with E-state index in [1.54, 1.807) is 0 Å². The average molecular weight is 210 g/mol. The fourth-order valence-electron chi connectivity index (χ4n) is 2.42. The van der Waals surface area contributed by atoms with Gasteiger partial charge in [-0.05, 0) is 30.9 Å². The van der Waals surface area contributed by atoms with Crippen LogP contribution in [0.1, 0.15) is 31.5 Å². The van der Waals surface area contributed by atoms with Crippen LogP contribution in [-0.2, 0) is 6.54 Å². The Kier molecular flexibility index (Phi) is 2.86. The SMILES string of the molecule is Cc1nccn1CC1(CS)CCCC1. The van der Waals surface area contributed by atoms with Crippen LogP contribution in [0.4, 0.5) is 0 Å². The Bertz CT molecular complexity index is 300. The summed E-state index contributed by atoms with van der Waals surface area (Å²) in [6.45, 7) is 3.17. The molecule has 0 spiro atoms. The van der Waals surface area contributed by atoms with E-state index >= 15 is 0 Å². The molecule has 0 atom stereocenters. The lowest BCUT2D eigenvalue weighted by molar-refractivity contribution is 0.288. The van der Waals surface area contributed by atoms with Gasteiger partial charge in [-0.2, -0.15) is 12.6 Å². The Morgan fingerprint density at radius 1 is 1.50 bits per heavy atom. The molecule has 1 fully saturated rings. The molecule has 1 heterocycles. The Balaban J connectivity index is 2.12. The fourth-order valence-corrected chi connectivity index (χ4v) is 2.84. The predicted octanol–water partition coefficient (Wildman–Crippen LogP) is 2.68. The lowest BCUT2D eigenvalue weighted by Crippen LogP contribution is -2.25. The van der Waals surface area contributed by atoms with Crippen molar-refractivity contribution in [2.45, 2.75) is 39.2 Å². The van der Waals surface area contributed by atoms with Gasteiger partial charge in [-0.1, -0.05) is 12.8 Å². The molecule has 78 valence electrons. The standard InChI is InChI=1S/C11H18N2S/c1-10-12-6-7-13(10)8-11(9-14)4-2-3-5-11/h6-7,14H,2-5,8-9H2,1H3. The number of hydrogen-bond acceptors (Lipinski definition) is 2. The van der Waals surface area contributed by atoms with Crippen molar-refractivity contribution in [3.8, 4) is 0 Å². The maximum Gasteiger partial charge on any atom is 0.105 e.